The average molecular weight is 341 g/mol. The van der Waals surface area contributed by atoms with Crippen molar-refractivity contribution in [2.45, 2.75) is 13.0 Å². The Hall–Kier alpha value is -1.36. The maximum Gasteiger partial charge on any atom is 0.184 e. The number of anilines is 1. The van der Waals surface area contributed by atoms with Gasteiger partial charge in [0.15, 0.2) is 5.13 Å². The maximum atomic E-state index is 13.2. The van der Waals surface area contributed by atoms with Gasteiger partial charge in [0.05, 0.1) is 16.3 Å². The van der Waals surface area contributed by atoms with Gasteiger partial charge >= 0.3 is 0 Å². The lowest BCUT2D eigenvalue weighted by Gasteiger charge is -2.14. The Morgan fingerprint density at radius 1 is 1.19 bits per heavy atom. The Kier molecular flexibility index (Phi) is 4.02. The van der Waals surface area contributed by atoms with E-state index in [1.165, 1.54) is 23.5 Å². The van der Waals surface area contributed by atoms with Gasteiger partial charge in [-0.25, -0.2) is 9.37 Å². The fraction of sp³-hybridized carbons (Fsp3) is 0.133. The Balaban J connectivity index is 1.87. The lowest BCUT2D eigenvalue weighted by molar-refractivity contribution is 0.630. The summed E-state index contributed by atoms with van der Waals surface area (Å²) in [7, 11) is 0. The number of hydrogen-bond acceptors (Lipinski definition) is 3. The standard InChI is InChI=1S/C15H11Cl2FN2S/c1-8(11-4-2-9(16)6-12(11)17)19-15-20-13-5-3-10(18)7-14(13)21-15/h2-8H,1H3,(H,19,20). The van der Waals surface area contributed by atoms with Crippen molar-refractivity contribution in [2.24, 2.45) is 0 Å². The molecule has 0 saturated heterocycles. The number of aromatic nitrogens is 1. The van der Waals surface area contributed by atoms with Crippen molar-refractivity contribution in [3.8, 4) is 0 Å². The van der Waals surface area contributed by atoms with E-state index in [2.05, 4.69) is 10.3 Å². The summed E-state index contributed by atoms with van der Waals surface area (Å²) in [5.74, 6) is -0.258. The first kappa shape index (κ1) is 14.6. The number of nitrogens with zero attached hydrogens (tertiary/aromatic N) is 1. The monoisotopic (exact) mass is 340 g/mol. The number of halogens is 3. The van der Waals surface area contributed by atoms with Crippen molar-refractivity contribution in [3.63, 3.8) is 0 Å². The first-order chi connectivity index (χ1) is 10.0. The highest BCUT2D eigenvalue weighted by atomic mass is 35.5. The zero-order chi connectivity index (χ0) is 15.0. The number of thiazole rings is 1. The highest BCUT2D eigenvalue weighted by molar-refractivity contribution is 7.22. The van der Waals surface area contributed by atoms with E-state index in [1.807, 2.05) is 13.0 Å². The molecule has 0 saturated carbocycles. The van der Waals surface area contributed by atoms with Gasteiger partial charge in [-0.2, -0.15) is 0 Å². The molecule has 0 amide bonds. The van der Waals surface area contributed by atoms with E-state index in [0.29, 0.717) is 10.0 Å². The minimum atomic E-state index is -0.258. The zero-order valence-corrected chi connectivity index (χ0v) is 13.4. The lowest BCUT2D eigenvalue weighted by Crippen LogP contribution is -2.06. The van der Waals surface area contributed by atoms with Crippen LogP contribution in [0.1, 0.15) is 18.5 Å². The average Bonchev–Trinajstić information content (AvgIpc) is 2.79. The largest absolute Gasteiger partial charge is 0.355 e. The van der Waals surface area contributed by atoms with E-state index >= 15 is 0 Å². The van der Waals surface area contributed by atoms with Crippen LogP contribution < -0.4 is 5.32 Å². The summed E-state index contributed by atoms with van der Waals surface area (Å²) >= 11 is 13.5. The summed E-state index contributed by atoms with van der Waals surface area (Å²) < 4.78 is 14.0. The number of hydrogen-bond donors (Lipinski definition) is 1. The lowest BCUT2D eigenvalue weighted by atomic mass is 10.1. The highest BCUT2D eigenvalue weighted by Gasteiger charge is 2.12. The Bertz CT molecular complexity index is 803. The number of rotatable bonds is 3. The molecule has 0 aliphatic carbocycles. The fourth-order valence-electron chi connectivity index (χ4n) is 2.08. The van der Waals surface area contributed by atoms with Gasteiger partial charge in [-0.3, -0.25) is 0 Å². The molecule has 0 aliphatic heterocycles. The van der Waals surface area contributed by atoms with Crippen molar-refractivity contribution >= 4 is 49.9 Å². The highest BCUT2D eigenvalue weighted by Crippen LogP contribution is 2.32. The number of fused-ring (bicyclic) bond motifs is 1. The normalized spacial score (nSPS) is 12.6. The van der Waals surface area contributed by atoms with Crippen LogP contribution in [-0.2, 0) is 0 Å². The van der Waals surface area contributed by atoms with Gasteiger partial charge in [-0.05, 0) is 42.8 Å². The third-order valence-corrected chi connectivity index (χ3v) is 4.63. The molecule has 1 N–H and O–H groups in total. The van der Waals surface area contributed by atoms with Gasteiger partial charge in [0.1, 0.15) is 5.82 Å². The van der Waals surface area contributed by atoms with E-state index in [0.717, 1.165) is 20.9 Å². The van der Waals surface area contributed by atoms with E-state index in [4.69, 9.17) is 23.2 Å². The molecule has 0 fully saturated rings. The SMILES string of the molecule is CC(Nc1nc2ccc(F)cc2s1)c1ccc(Cl)cc1Cl. The zero-order valence-electron chi connectivity index (χ0n) is 11.0. The molecule has 3 aromatic rings. The molecule has 0 radical (unpaired) electrons. The van der Waals surface area contributed by atoms with Crippen molar-refractivity contribution in [2.75, 3.05) is 5.32 Å². The molecule has 1 aromatic heterocycles. The number of benzene rings is 2. The minimum absolute atomic E-state index is 0.0276. The van der Waals surface area contributed by atoms with Crippen molar-refractivity contribution in [3.05, 3.63) is 57.8 Å². The first-order valence-corrected chi connectivity index (χ1v) is 7.88. The molecule has 3 rings (SSSR count). The minimum Gasteiger partial charge on any atom is -0.355 e. The molecule has 1 atom stereocenters. The molecular weight excluding hydrogens is 330 g/mol. The van der Waals surface area contributed by atoms with Crippen LogP contribution in [0.25, 0.3) is 10.2 Å². The van der Waals surface area contributed by atoms with Crippen LogP contribution >= 0.6 is 34.5 Å². The van der Waals surface area contributed by atoms with Crippen LogP contribution in [0.3, 0.4) is 0 Å². The molecule has 1 heterocycles. The summed E-state index contributed by atoms with van der Waals surface area (Å²) in [5.41, 5.74) is 1.71. The molecule has 0 spiro atoms. The Labute approximate surface area is 135 Å². The van der Waals surface area contributed by atoms with Crippen LogP contribution in [0.15, 0.2) is 36.4 Å². The molecule has 2 aromatic carbocycles. The van der Waals surface area contributed by atoms with E-state index in [-0.39, 0.29) is 11.9 Å². The van der Waals surface area contributed by atoms with Crippen molar-refractivity contribution in [1.82, 2.24) is 4.98 Å². The van der Waals surface area contributed by atoms with Crippen molar-refractivity contribution < 1.29 is 4.39 Å². The predicted octanol–water partition coefficient (Wildman–Crippen LogP) is 5.92. The molecule has 21 heavy (non-hydrogen) atoms. The Morgan fingerprint density at radius 2 is 2.00 bits per heavy atom. The molecular formula is C15H11Cl2FN2S. The molecule has 108 valence electrons. The summed E-state index contributed by atoms with van der Waals surface area (Å²) in [5, 5.41) is 5.22. The molecule has 1 unspecified atom stereocenters. The summed E-state index contributed by atoms with van der Waals surface area (Å²) in [6.45, 7) is 1.99. The van der Waals surface area contributed by atoms with Crippen LogP contribution in [0.5, 0.6) is 0 Å². The van der Waals surface area contributed by atoms with Crippen molar-refractivity contribution in [1.29, 1.82) is 0 Å². The van der Waals surface area contributed by atoms with Gasteiger partial charge in [-0.15, -0.1) is 0 Å². The second-order valence-corrected chi connectivity index (χ2v) is 6.54. The topological polar surface area (TPSA) is 24.9 Å². The van der Waals surface area contributed by atoms with Gasteiger partial charge in [0, 0.05) is 10.0 Å². The second kappa shape index (κ2) is 5.79. The van der Waals surface area contributed by atoms with Gasteiger partial charge in [0.2, 0.25) is 0 Å². The summed E-state index contributed by atoms with van der Waals surface area (Å²) in [6, 6.07) is 9.93. The van der Waals surface area contributed by atoms with Gasteiger partial charge < -0.3 is 5.32 Å². The smallest absolute Gasteiger partial charge is 0.184 e. The van der Waals surface area contributed by atoms with Crippen LogP contribution in [0.4, 0.5) is 9.52 Å². The molecule has 0 aliphatic rings. The molecule has 0 bridgehead atoms. The van der Waals surface area contributed by atoms with E-state index < -0.39 is 0 Å². The molecule has 6 heteroatoms. The Morgan fingerprint density at radius 3 is 2.76 bits per heavy atom. The molecule has 2 nitrogen and oxygen atoms in total. The third-order valence-electron chi connectivity index (χ3n) is 3.12. The predicted molar refractivity (Wildman–Crippen MR) is 88.1 cm³/mol. The second-order valence-electron chi connectivity index (χ2n) is 4.66. The van der Waals surface area contributed by atoms with Gasteiger partial charge in [0.25, 0.3) is 0 Å². The quantitative estimate of drug-likeness (QED) is 0.640. The number of nitrogens with one attached hydrogen (secondary N) is 1. The van der Waals surface area contributed by atoms with Crippen LogP contribution in [-0.4, -0.2) is 4.98 Å². The van der Waals surface area contributed by atoms with Gasteiger partial charge in [-0.1, -0.05) is 40.6 Å². The van der Waals surface area contributed by atoms with E-state index in [1.54, 1.807) is 18.2 Å². The first-order valence-electron chi connectivity index (χ1n) is 6.30. The maximum absolute atomic E-state index is 13.2. The fourth-order valence-corrected chi connectivity index (χ4v) is 3.63. The van der Waals surface area contributed by atoms with Crippen LogP contribution in [0, 0.1) is 5.82 Å². The summed E-state index contributed by atoms with van der Waals surface area (Å²) in [6.07, 6.45) is 0. The summed E-state index contributed by atoms with van der Waals surface area (Å²) in [4.78, 5) is 4.44. The van der Waals surface area contributed by atoms with Crippen LogP contribution in [0.2, 0.25) is 10.0 Å². The third kappa shape index (κ3) is 3.12. The van der Waals surface area contributed by atoms with E-state index in [9.17, 15) is 4.39 Å².